The standard InChI is InChI=1S/C16H16F6N2O4/c1-3-28-12(25)10-11(8-6-4-5-7-9(8)15(17,18)19)23-13(26)24(2)14(10,27)16(20,21)22/h4-7,10-11,27H,3H2,1-2H3,(H,23,26)/t10-,11+,14+/m1/s1. The molecule has 6 nitrogen and oxygen atoms in total. The van der Waals surface area contributed by atoms with Crippen molar-refractivity contribution in [1.29, 1.82) is 0 Å². The highest BCUT2D eigenvalue weighted by Gasteiger charge is 2.70. The number of nitrogens with one attached hydrogen (secondary N) is 1. The smallest absolute Gasteiger partial charge is 0.437 e. The second kappa shape index (κ2) is 7.15. The number of nitrogens with zero attached hydrogens (tertiary/aromatic N) is 1. The van der Waals surface area contributed by atoms with Crippen LogP contribution in [0, 0.1) is 5.92 Å². The number of urea groups is 1. The van der Waals surface area contributed by atoms with E-state index in [1.807, 2.05) is 5.32 Å². The van der Waals surface area contributed by atoms with Crippen LogP contribution in [0.25, 0.3) is 0 Å². The van der Waals surface area contributed by atoms with Crippen molar-refractivity contribution in [2.75, 3.05) is 13.7 Å². The van der Waals surface area contributed by atoms with E-state index in [0.717, 1.165) is 18.2 Å². The van der Waals surface area contributed by atoms with E-state index in [4.69, 9.17) is 0 Å². The molecule has 28 heavy (non-hydrogen) atoms. The molecule has 0 aromatic heterocycles. The fraction of sp³-hybridized carbons (Fsp3) is 0.500. The van der Waals surface area contributed by atoms with Gasteiger partial charge in [-0.3, -0.25) is 9.69 Å². The number of ether oxygens (including phenoxy) is 1. The van der Waals surface area contributed by atoms with Gasteiger partial charge in [-0.05, 0) is 18.6 Å². The lowest BCUT2D eigenvalue weighted by atomic mass is 9.79. The lowest BCUT2D eigenvalue weighted by molar-refractivity contribution is -0.328. The van der Waals surface area contributed by atoms with Crippen LogP contribution in [-0.2, 0) is 15.7 Å². The van der Waals surface area contributed by atoms with E-state index in [-0.39, 0.29) is 4.90 Å². The number of carbonyl (C=O) groups excluding carboxylic acids is 2. The van der Waals surface area contributed by atoms with E-state index in [0.29, 0.717) is 13.1 Å². The summed E-state index contributed by atoms with van der Waals surface area (Å²) in [4.78, 5) is 24.2. The number of amides is 2. The second-order valence-corrected chi connectivity index (χ2v) is 6.02. The zero-order valence-electron chi connectivity index (χ0n) is 14.6. The number of carbonyl (C=O) groups is 2. The third-order valence-corrected chi connectivity index (χ3v) is 4.42. The van der Waals surface area contributed by atoms with Crippen molar-refractivity contribution in [2.24, 2.45) is 5.92 Å². The van der Waals surface area contributed by atoms with E-state index in [9.17, 15) is 41.0 Å². The summed E-state index contributed by atoms with van der Waals surface area (Å²) < 4.78 is 85.8. The van der Waals surface area contributed by atoms with Crippen molar-refractivity contribution in [2.45, 2.75) is 31.0 Å². The predicted octanol–water partition coefficient (Wildman–Crippen LogP) is 2.83. The zero-order valence-corrected chi connectivity index (χ0v) is 14.6. The van der Waals surface area contributed by atoms with Crippen LogP contribution < -0.4 is 5.32 Å². The largest absolute Gasteiger partial charge is 0.466 e. The van der Waals surface area contributed by atoms with Crippen LogP contribution in [0.15, 0.2) is 24.3 Å². The minimum atomic E-state index is -5.57. The van der Waals surface area contributed by atoms with E-state index in [1.54, 1.807) is 0 Å². The molecule has 2 N–H and O–H groups in total. The van der Waals surface area contributed by atoms with E-state index >= 15 is 0 Å². The van der Waals surface area contributed by atoms with Crippen molar-refractivity contribution < 1.29 is 45.8 Å². The summed E-state index contributed by atoms with van der Waals surface area (Å²) in [5.74, 6) is -4.23. The highest BCUT2D eigenvalue weighted by molar-refractivity contribution is 5.83. The first-order valence-electron chi connectivity index (χ1n) is 7.93. The normalized spacial score (nSPS) is 26.0. The molecular formula is C16H16F6N2O4. The molecule has 1 aliphatic heterocycles. The van der Waals surface area contributed by atoms with Crippen LogP contribution in [0.3, 0.4) is 0 Å². The van der Waals surface area contributed by atoms with E-state index in [2.05, 4.69) is 4.74 Å². The van der Waals surface area contributed by atoms with Gasteiger partial charge in [-0.25, -0.2) is 4.79 Å². The molecule has 1 heterocycles. The summed E-state index contributed by atoms with van der Waals surface area (Å²) in [6.07, 6.45) is -10.6. The zero-order chi connectivity index (χ0) is 21.5. The highest BCUT2D eigenvalue weighted by atomic mass is 19.4. The topological polar surface area (TPSA) is 78.9 Å². The molecule has 12 heteroatoms. The number of benzene rings is 1. The quantitative estimate of drug-likeness (QED) is 0.589. The number of hydrogen-bond donors (Lipinski definition) is 2. The van der Waals surface area contributed by atoms with Gasteiger partial charge in [0, 0.05) is 7.05 Å². The molecule has 2 rings (SSSR count). The van der Waals surface area contributed by atoms with Gasteiger partial charge in [0.1, 0.15) is 5.92 Å². The molecule has 0 saturated carbocycles. The average molecular weight is 414 g/mol. The molecule has 0 unspecified atom stereocenters. The summed E-state index contributed by atoms with van der Waals surface area (Å²) >= 11 is 0. The van der Waals surface area contributed by atoms with Crippen molar-refractivity contribution in [3.8, 4) is 0 Å². The molecule has 156 valence electrons. The van der Waals surface area contributed by atoms with Gasteiger partial charge >= 0.3 is 24.4 Å². The lowest BCUT2D eigenvalue weighted by Crippen LogP contribution is -2.73. The Bertz CT molecular complexity index is 766. The van der Waals surface area contributed by atoms with Gasteiger partial charge in [0.05, 0.1) is 18.2 Å². The Labute approximate surface area is 155 Å². The van der Waals surface area contributed by atoms with Crippen molar-refractivity contribution in [3.63, 3.8) is 0 Å². The molecule has 1 fully saturated rings. The Morgan fingerprint density at radius 2 is 1.82 bits per heavy atom. The van der Waals surface area contributed by atoms with Crippen LogP contribution >= 0.6 is 0 Å². The van der Waals surface area contributed by atoms with Gasteiger partial charge in [-0.15, -0.1) is 0 Å². The maximum absolute atomic E-state index is 13.7. The summed E-state index contributed by atoms with van der Waals surface area (Å²) in [5.41, 5.74) is -6.26. The minimum absolute atomic E-state index is 0.179. The summed E-state index contributed by atoms with van der Waals surface area (Å²) in [7, 11) is 0.570. The van der Waals surface area contributed by atoms with Crippen LogP contribution in [-0.4, -0.2) is 47.6 Å². The Morgan fingerprint density at radius 3 is 2.32 bits per heavy atom. The van der Waals surface area contributed by atoms with Gasteiger partial charge < -0.3 is 15.2 Å². The summed E-state index contributed by atoms with van der Waals surface area (Å²) in [6, 6.07) is -0.145. The van der Waals surface area contributed by atoms with Crippen LogP contribution in [0.1, 0.15) is 24.1 Å². The predicted molar refractivity (Wildman–Crippen MR) is 81.6 cm³/mol. The molecule has 0 bridgehead atoms. The Kier molecular flexibility index (Phi) is 5.57. The maximum Gasteiger partial charge on any atom is 0.437 e. The first-order valence-corrected chi connectivity index (χ1v) is 7.93. The first-order chi connectivity index (χ1) is 12.8. The third-order valence-electron chi connectivity index (χ3n) is 4.42. The van der Waals surface area contributed by atoms with Gasteiger partial charge in [-0.2, -0.15) is 26.3 Å². The molecule has 1 aromatic rings. The molecule has 2 amide bonds. The number of hydrogen-bond acceptors (Lipinski definition) is 4. The fourth-order valence-electron chi connectivity index (χ4n) is 3.09. The number of aliphatic hydroxyl groups is 1. The molecule has 1 aromatic carbocycles. The van der Waals surface area contributed by atoms with Gasteiger partial charge in [0.2, 0.25) is 0 Å². The van der Waals surface area contributed by atoms with E-state index in [1.165, 1.54) is 6.92 Å². The van der Waals surface area contributed by atoms with Crippen molar-refractivity contribution in [3.05, 3.63) is 35.4 Å². The SMILES string of the molecule is CCOC(=O)[C@H]1[C@H](c2ccccc2C(F)(F)F)NC(=O)N(C)[C@@]1(O)C(F)(F)F. The molecule has 0 aliphatic carbocycles. The number of rotatable bonds is 3. The lowest BCUT2D eigenvalue weighted by Gasteiger charge is -2.49. The molecule has 3 atom stereocenters. The Hall–Kier alpha value is -2.50. The van der Waals surface area contributed by atoms with Crippen LogP contribution in [0.4, 0.5) is 31.1 Å². The van der Waals surface area contributed by atoms with Crippen molar-refractivity contribution >= 4 is 12.0 Å². The molecule has 1 aliphatic rings. The monoisotopic (exact) mass is 414 g/mol. The fourth-order valence-corrected chi connectivity index (χ4v) is 3.09. The van der Waals surface area contributed by atoms with Gasteiger partial charge in [-0.1, -0.05) is 18.2 Å². The van der Waals surface area contributed by atoms with E-state index < -0.39 is 59.8 Å². The van der Waals surface area contributed by atoms with Gasteiger partial charge in [0.25, 0.3) is 5.72 Å². The molecule has 0 spiro atoms. The second-order valence-electron chi connectivity index (χ2n) is 6.02. The Morgan fingerprint density at radius 1 is 1.25 bits per heavy atom. The molecular weight excluding hydrogens is 398 g/mol. The molecule has 0 radical (unpaired) electrons. The minimum Gasteiger partial charge on any atom is -0.466 e. The first kappa shape index (κ1) is 21.8. The highest BCUT2D eigenvalue weighted by Crippen LogP contribution is 2.48. The van der Waals surface area contributed by atoms with Gasteiger partial charge in [0.15, 0.2) is 0 Å². The number of halogens is 6. The number of esters is 1. The van der Waals surface area contributed by atoms with Crippen molar-refractivity contribution in [1.82, 2.24) is 10.2 Å². The summed E-state index contributed by atoms with van der Waals surface area (Å²) in [5, 5.41) is 12.3. The number of alkyl halides is 6. The van der Waals surface area contributed by atoms with Crippen LogP contribution in [0.2, 0.25) is 0 Å². The third kappa shape index (κ3) is 3.48. The maximum atomic E-state index is 13.7. The average Bonchev–Trinajstić information content (AvgIpc) is 2.57. The Balaban J connectivity index is 2.75. The summed E-state index contributed by atoms with van der Waals surface area (Å²) in [6.45, 7) is 0.878. The molecule has 1 saturated heterocycles. The van der Waals surface area contributed by atoms with Crippen LogP contribution in [0.5, 0.6) is 0 Å².